The Labute approximate surface area is 214 Å². The van der Waals surface area contributed by atoms with Crippen LogP contribution < -0.4 is 5.32 Å². The summed E-state index contributed by atoms with van der Waals surface area (Å²) in [7, 11) is -6.34. The molecule has 0 atom stereocenters. The van der Waals surface area contributed by atoms with E-state index in [1.165, 1.54) is 31.3 Å². The van der Waals surface area contributed by atoms with Crippen molar-refractivity contribution in [2.45, 2.75) is 16.2 Å². The quantitative estimate of drug-likeness (QED) is 0.415. The zero-order valence-electron chi connectivity index (χ0n) is 19.3. The van der Waals surface area contributed by atoms with E-state index in [0.717, 1.165) is 28.3 Å². The SMILES string of the molecule is CN(CCc1ccccc1)S(=O)(=O)c1cc(C(=O)O)cc(NC(=O)c2ccc(S(C)(=O)=O)cc2)c1Cl. The second-order valence-electron chi connectivity index (χ2n) is 7.95. The van der Waals surface area contributed by atoms with Crippen molar-refractivity contribution in [1.82, 2.24) is 4.31 Å². The molecular weight excluding hydrogens is 528 g/mol. The van der Waals surface area contributed by atoms with E-state index in [-0.39, 0.29) is 27.7 Å². The Morgan fingerprint density at radius 1 is 0.944 bits per heavy atom. The number of amides is 1. The average Bonchev–Trinajstić information content (AvgIpc) is 2.83. The fourth-order valence-electron chi connectivity index (χ4n) is 3.27. The van der Waals surface area contributed by atoms with Gasteiger partial charge < -0.3 is 10.4 Å². The molecule has 0 aromatic heterocycles. The van der Waals surface area contributed by atoms with Gasteiger partial charge in [-0.05, 0) is 48.4 Å². The van der Waals surface area contributed by atoms with Crippen LogP contribution in [0.15, 0.2) is 76.5 Å². The Morgan fingerprint density at radius 2 is 1.56 bits per heavy atom. The van der Waals surface area contributed by atoms with Crippen LogP contribution in [-0.4, -0.2) is 58.0 Å². The maximum atomic E-state index is 13.3. The fourth-order valence-corrected chi connectivity index (χ4v) is 5.63. The highest BCUT2D eigenvalue weighted by atomic mass is 35.5. The number of nitrogens with one attached hydrogen (secondary N) is 1. The number of carbonyl (C=O) groups is 2. The Morgan fingerprint density at radius 3 is 2.11 bits per heavy atom. The van der Waals surface area contributed by atoms with E-state index in [2.05, 4.69) is 5.32 Å². The van der Waals surface area contributed by atoms with Gasteiger partial charge in [-0.3, -0.25) is 4.79 Å². The molecule has 36 heavy (non-hydrogen) atoms. The first-order valence-corrected chi connectivity index (χ1v) is 14.2. The number of benzene rings is 3. The molecular formula is C24H23ClN2O7S2. The molecule has 1 amide bonds. The van der Waals surface area contributed by atoms with Gasteiger partial charge in [0.25, 0.3) is 5.91 Å². The number of rotatable bonds is 9. The molecule has 0 unspecified atom stereocenters. The van der Waals surface area contributed by atoms with Gasteiger partial charge in [-0.2, -0.15) is 0 Å². The first-order chi connectivity index (χ1) is 16.8. The minimum atomic E-state index is -4.22. The summed E-state index contributed by atoms with van der Waals surface area (Å²) in [5.74, 6) is -2.15. The van der Waals surface area contributed by atoms with Crippen LogP contribution in [0.5, 0.6) is 0 Å². The first-order valence-electron chi connectivity index (χ1n) is 10.5. The zero-order chi connectivity index (χ0) is 26.7. The summed E-state index contributed by atoms with van der Waals surface area (Å²) >= 11 is 6.36. The number of nitrogens with zero attached hydrogens (tertiary/aromatic N) is 1. The Balaban J connectivity index is 1.92. The maximum absolute atomic E-state index is 13.3. The van der Waals surface area contributed by atoms with E-state index in [1.807, 2.05) is 30.3 Å². The van der Waals surface area contributed by atoms with Crippen LogP contribution in [0.3, 0.4) is 0 Å². The van der Waals surface area contributed by atoms with E-state index in [1.54, 1.807) is 0 Å². The van der Waals surface area contributed by atoms with Crippen LogP contribution in [0, 0.1) is 0 Å². The molecule has 9 nitrogen and oxygen atoms in total. The van der Waals surface area contributed by atoms with E-state index >= 15 is 0 Å². The molecule has 0 aliphatic carbocycles. The van der Waals surface area contributed by atoms with Crippen molar-refractivity contribution in [1.29, 1.82) is 0 Å². The number of hydrogen-bond acceptors (Lipinski definition) is 6. The van der Waals surface area contributed by atoms with E-state index < -0.39 is 42.2 Å². The van der Waals surface area contributed by atoms with E-state index in [0.29, 0.717) is 6.42 Å². The number of anilines is 1. The molecule has 12 heteroatoms. The lowest BCUT2D eigenvalue weighted by Gasteiger charge is -2.20. The van der Waals surface area contributed by atoms with Crippen molar-refractivity contribution in [3.63, 3.8) is 0 Å². The summed E-state index contributed by atoms with van der Waals surface area (Å²) in [5.41, 5.74) is 0.365. The van der Waals surface area contributed by atoms with Gasteiger partial charge in [0.2, 0.25) is 10.0 Å². The third-order valence-corrected chi connectivity index (χ3v) is 8.85. The normalized spacial score (nSPS) is 11.9. The van der Waals surface area contributed by atoms with Crippen LogP contribution in [0.1, 0.15) is 26.3 Å². The van der Waals surface area contributed by atoms with Crippen molar-refractivity contribution >= 4 is 49.0 Å². The van der Waals surface area contributed by atoms with Crippen molar-refractivity contribution in [2.24, 2.45) is 0 Å². The highest BCUT2D eigenvalue weighted by molar-refractivity contribution is 7.90. The third-order valence-electron chi connectivity index (χ3n) is 5.33. The molecule has 0 spiro atoms. The predicted molar refractivity (Wildman–Crippen MR) is 136 cm³/mol. The molecule has 2 N–H and O–H groups in total. The number of sulfonamides is 1. The lowest BCUT2D eigenvalue weighted by atomic mass is 10.1. The third kappa shape index (κ3) is 6.30. The number of carboxylic acids is 1. The Bertz CT molecular complexity index is 1510. The number of hydrogen-bond donors (Lipinski definition) is 2. The van der Waals surface area contributed by atoms with Crippen LogP contribution >= 0.6 is 11.6 Å². The molecule has 0 radical (unpaired) electrons. The maximum Gasteiger partial charge on any atom is 0.335 e. The second-order valence-corrected chi connectivity index (χ2v) is 12.4. The largest absolute Gasteiger partial charge is 0.478 e. The highest BCUT2D eigenvalue weighted by Crippen LogP contribution is 2.33. The van der Waals surface area contributed by atoms with Crippen molar-refractivity contribution in [2.75, 3.05) is 25.2 Å². The lowest BCUT2D eigenvalue weighted by Crippen LogP contribution is -2.29. The van der Waals surface area contributed by atoms with E-state index in [9.17, 15) is 31.5 Å². The van der Waals surface area contributed by atoms with Gasteiger partial charge in [0, 0.05) is 25.4 Å². The zero-order valence-corrected chi connectivity index (χ0v) is 21.7. The number of aromatic carboxylic acids is 1. The molecule has 0 heterocycles. The van der Waals surface area contributed by atoms with Gasteiger partial charge in [-0.1, -0.05) is 41.9 Å². The summed E-state index contributed by atoms with van der Waals surface area (Å²) in [6, 6.07) is 16.3. The lowest BCUT2D eigenvalue weighted by molar-refractivity contribution is 0.0696. The molecule has 0 aliphatic rings. The molecule has 0 saturated heterocycles. The standard InChI is InChI=1S/C24H23ClN2O7S2/c1-27(13-12-16-6-4-3-5-7-16)36(33,34)21-15-18(24(29)30)14-20(22(21)25)26-23(28)17-8-10-19(11-9-17)35(2,31)32/h3-11,14-15H,12-13H2,1-2H3,(H,26,28)(H,29,30). The molecule has 0 bridgehead atoms. The van der Waals surface area contributed by atoms with Gasteiger partial charge in [0.05, 0.1) is 21.2 Å². The van der Waals surface area contributed by atoms with Crippen LogP contribution in [-0.2, 0) is 26.3 Å². The van der Waals surface area contributed by atoms with Gasteiger partial charge in [-0.25, -0.2) is 25.9 Å². The number of halogens is 1. The molecule has 0 fully saturated rings. The average molecular weight is 551 g/mol. The summed E-state index contributed by atoms with van der Waals surface area (Å²) in [4.78, 5) is 24.0. The first kappa shape index (κ1) is 27.3. The summed E-state index contributed by atoms with van der Waals surface area (Å²) in [5, 5.41) is 11.6. The summed E-state index contributed by atoms with van der Waals surface area (Å²) < 4.78 is 50.9. The van der Waals surface area contributed by atoms with Crippen molar-refractivity contribution in [3.8, 4) is 0 Å². The molecule has 3 rings (SSSR count). The minimum absolute atomic E-state index is 0.0110. The monoisotopic (exact) mass is 550 g/mol. The molecule has 190 valence electrons. The number of likely N-dealkylation sites (N-methyl/N-ethyl adjacent to an activating group) is 1. The van der Waals surface area contributed by atoms with Crippen molar-refractivity contribution in [3.05, 3.63) is 88.4 Å². The minimum Gasteiger partial charge on any atom is -0.478 e. The predicted octanol–water partition coefficient (Wildman–Crippen LogP) is 3.56. The van der Waals surface area contributed by atoms with Gasteiger partial charge in [0.15, 0.2) is 9.84 Å². The summed E-state index contributed by atoms with van der Waals surface area (Å²) in [6.07, 6.45) is 1.44. The van der Waals surface area contributed by atoms with Gasteiger partial charge >= 0.3 is 5.97 Å². The number of carboxylic acid groups (broad SMARTS) is 1. The smallest absolute Gasteiger partial charge is 0.335 e. The topological polar surface area (TPSA) is 138 Å². The highest BCUT2D eigenvalue weighted by Gasteiger charge is 2.28. The number of sulfone groups is 1. The second kappa shape index (κ2) is 10.8. The molecule has 3 aromatic carbocycles. The van der Waals surface area contributed by atoms with Gasteiger partial charge in [0.1, 0.15) is 4.90 Å². The molecule has 0 aliphatic heterocycles. The van der Waals surface area contributed by atoms with Crippen LogP contribution in [0.25, 0.3) is 0 Å². The van der Waals surface area contributed by atoms with Gasteiger partial charge in [-0.15, -0.1) is 0 Å². The fraction of sp³-hybridized carbons (Fsp3) is 0.167. The van der Waals surface area contributed by atoms with Crippen molar-refractivity contribution < 1.29 is 31.5 Å². The molecule has 0 saturated carbocycles. The van der Waals surface area contributed by atoms with E-state index in [4.69, 9.17) is 11.6 Å². The summed E-state index contributed by atoms with van der Waals surface area (Å²) in [6.45, 7) is 0.106. The Kier molecular flexibility index (Phi) is 8.19. The Hall–Kier alpha value is -3.25. The molecule has 3 aromatic rings. The number of carbonyl (C=O) groups excluding carboxylic acids is 1. The van der Waals surface area contributed by atoms with Crippen LogP contribution in [0.2, 0.25) is 5.02 Å². The van der Waals surface area contributed by atoms with Crippen LogP contribution in [0.4, 0.5) is 5.69 Å².